The van der Waals surface area contributed by atoms with Gasteiger partial charge in [-0.25, -0.2) is 4.79 Å². The number of halogens is 3. The van der Waals surface area contributed by atoms with E-state index in [1.807, 2.05) is 0 Å². The van der Waals surface area contributed by atoms with Gasteiger partial charge >= 0.3 is 12.2 Å². The maximum Gasteiger partial charge on any atom is 0.391 e. The van der Waals surface area contributed by atoms with Crippen LogP contribution in [0.25, 0.3) is 0 Å². The van der Waals surface area contributed by atoms with Gasteiger partial charge in [-0.2, -0.15) is 13.2 Å². The van der Waals surface area contributed by atoms with Gasteiger partial charge in [0.25, 0.3) is 0 Å². The van der Waals surface area contributed by atoms with Crippen molar-refractivity contribution in [3.8, 4) is 0 Å². The number of hydrogen-bond donors (Lipinski definition) is 1. The third kappa shape index (κ3) is 6.50. The zero-order chi connectivity index (χ0) is 24.9. The van der Waals surface area contributed by atoms with Crippen molar-refractivity contribution in [2.45, 2.75) is 159 Å². The minimum absolute atomic E-state index is 0.107. The molecule has 0 saturated heterocycles. The van der Waals surface area contributed by atoms with Crippen molar-refractivity contribution in [3.05, 3.63) is 0 Å². The normalized spacial score (nSPS) is 33.9. The molecule has 0 radical (unpaired) electrons. The van der Waals surface area contributed by atoms with Crippen LogP contribution in [0.4, 0.5) is 18.0 Å². The molecule has 4 saturated carbocycles. The maximum atomic E-state index is 14.1. The SMILES string of the molecule is CCCC1CCC(C2CCC(C(F)(F)F)CC2)(N(C(=O)NC2CCCCC2)C2CCCCC2)CC1. The Morgan fingerprint density at radius 1 is 0.829 bits per heavy atom. The summed E-state index contributed by atoms with van der Waals surface area (Å²) in [6, 6.07) is 0.614. The molecular formula is C29H49F3N2O. The number of rotatable bonds is 6. The van der Waals surface area contributed by atoms with Crippen LogP contribution in [-0.2, 0) is 0 Å². The van der Waals surface area contributed by atoms with Gasteiger partial charge in [0.15, 0.2) is 0 Å². The number of hydrogen-bond acceptors (Lipinski definition) is 1. The molecule has 0 atom stereocenters. The lowest BCUT2D eigenvalue weighted by atomic mass is 9.62. The number of amides is 2. The van der Waals surface area contributed by atoms with Crippen molar-refractivity contribution < 1.29 is 18.0 Å². The average molecular weight is 499 g/mol. The van der Waals surface area contributed by atoms with Crippen LogP contribution in [0.5, 0.6) is 0 Å². The molecule has 6 heteroatoms. The second-order valence-corrected chi connectivity index (χ2v) is 12.4. The first-order valence-electron chi connectivity index (χ1n) is 15.0. The van der Waals surface area contributed by atoms with E-state index < -0.39 is 12.1 Å². The molecule has 35 heavy (non-hydrogen) atoms. The van der Waals surface area contributed by atoms with Crippen molar-refractivity contribution in [3.63, 3.8) is 0 Å². The standard InChI is InChI=1S/C29H49F3N2O/c1-2-9-22-18-20-28(21-19-22,23-14-16-24(17-15-23)29(30,31)32)34(26-12-7-4-8-13-26)27(35)33-25-10-5-3-6-11-25/h22-26H,2-21H2,1H3,(H,33,35). The largest absolute Gasteiger partial charge is 0.391 e. The number of carbonyl (C=O) groups excluding carboxylic acids is 1. The molecule has 4 aliphatic rings. The van der Waals surface area contributed by atoms with Crippen LogP contribution in [0.3, 0.4) is 0 Å². The van der Waals surface area contributed by atoms with E-state index >= 15 is 0 Å². The summed E-state index contributed by atoms with van der Waals surface area (Å²) < 4.78 is 40.5. The third-order valence-corrected chi connectivity index (χ3v) is 10.2. The van der Waals surface area contributed by atoms with Crippen molar-refractivity contribution in [1.29, 1.82) is 0 Å². The summed E-state index contributed by atoms with van der Waals surface area (Å²) in [4.78, 5) is 16.4. The highest BCUT2D eigenvalue weighted by molar-refractivity contribution is 5.76. The van der Waals surface area contributed by atoms with Crippen molar-refractivity contribution in [1.82, 2.24) is 10.2 Å². The molecular weight excluding hydrogens is 449 g/mol. The predicted molar refractivity (Wildman–Crippen MR) is 135 cm³/mol. The first-order chi connectivity index (χ1) is 16.8. The average Bonchev–Trinajstić information content (AvgIpc) is 2.86. The first kappa shape index (κ1) is 27.1. The van der Waals surface area contributed by atoms with Gasteiger partial charge in [-0.15, -0.1) is 0 Å². The van der Waals surface area contributed by atoms with E-state index in [0.29, 0.717) is 18.8 Å². The molecule has 0 aliphatic heterocycles. The Morgan fingerprint density at radius 3 is 1.94 bits per heavy atom. The lowest BCUT2D eigenvalue weighted by molar-refractivity contribution is -0.187. The highest BCUT2D eigenvalue weighted by Crippen LogP contribution is 2.52. The van der Waals surface area contributed by atoms with Gasteiger partial charge in [0, 0.05) is 17.6 Å². The molecule has 0 aromatic rings. The molecule has 4 fully saturated rings. The molecule has 4 rings (SSSR count). The first-order valence-corrected chi connectivity index (χ1v) is 15.0. The van der Waals surface area contributed by atoms with Crippen LogP contribution in [0, 0.1) is 17.8 Å². The predicted octanol–water partition coefficient (Wildman–Crippen LogP) is 8.76. The van der Waals surface area contributed by atoms with Gasteiger partial charge in [0.1, 0.15) is 0 Å². The fourth-order valence-corrected chi connectivity index (χ4v) is 8.24. The van der Waals surface area contributed by atoms with Crippen LogP contribution in [0.15, 0.2) is 0 Å². The van der Waals surface area contributed by atoms with Gasteiger partial charge in [-0.05, 0) is 88.9 Å². The number of carbonyl (C=O) groups is 1. The van der Waals surface area contributed by atoms with Crippen LogP contribution >= 0.6 is 0 Å². The van der Waals surface area contributed by atoms with Crippen molar-refractivity contribution >= 4 is 6.03 Å². The molecule has 0 heterocycles. The van der Waals surface area contributed by atoms with E-state index in [-0.39, 0.29) is 42.4 Å². The molecule has 2 amide bonds. The Labute approximate surface area is 211 Å². The number of nitrogens with one attached hydrogen (secondary N) is 1. The van der Waals surface area contributed by atoms with Gasteiger partial charge in [-0.3, -0.25) is 0 Å². The minimum Gasteiger partial charge on any atom is -0.335 e. The van der Waals surface area contributed by atoms with E-state index in [1.54, 1.807) is 0 Å². The summed E-state index contributed by atoms with van der Waals surface area (Å²) in [6.07, 6.45) is 15.6. The Morgan fingerprint density at radius 2 is 1.40 bits per heavy atom. The fraction of sp³-hybridized carbons (Fsp3) is 0.966. The van der Waals surface area contributed by atoms with Crippen molar-refractivity contribution in [2.24, 2.45) is 17.8 Å². The number of urea groups is 1. The molecule has 0 bridgehead atoms. The van der Waals surface area contributed by atoms with E-state index in [9.17, 15) is 18.0 Å². The lowest BCUT2D eigenvalue weighted by Gasteiger charge is -2.57. The van der Waals surface area contributed by atoms with Gasteiger partial charge in [0.05, 0.1) is 5.92 Å². The van der Waals surface area contributed by atoms with Crippen LogP contribution in [0.1, 0.15) is 135 Å². The molecule has 202 valence electrons. The van der Waals surface area contributed by atoms with E-state index in [0.717, 1.165) is 64.2 Å². The Balaban J connectivity index is 1.60. The third-order valence-electron chi connectivity index (χ3n) is 10.2. The van der Waals surface area contributed by atoms with Crippen molar-refractivity contribution in [2.75, 3.05) is 0 Å². The van der Waals surface area contributed by atoms with Gasteiger partial charge in [-0.1, -0.05) is 58.3 Å². The van der Waals surface area contributed by atoms with Gasteiger partial charge < -0.3 is 10.2 Å². The number of alkyl halides is 3. The zero-order valence-electron chi connectivity index (χ0n) is 22.0. The quantitative estimate of drug-likeness (QED) is 0.390. The smallest absolute Gasteiger partial charge is 0.335 e. The van der Waals surface area contributed by atoms with E-state index in [1.165, 1.54) is 38.5 Å². The summed E-state index contributed by atoms with van der Waals surface area (Å²) in [5, 5.41) is 3.45. The molecule has 4 aliphatic carbocycles. The van der Waals surface area contributed by atoms with E-state index in [2.05, 4.69) is 17.1 Å². The summed E-state index contributed by atoms with van der Waals surface area (Å²) in [6.45, 7) is 2.24. The second-order valence-electron chi connectivity index (χ2n) is 12.4. The molecule has 0 spiro atoms. The molecule has 3 nitrogen and oxygen atoms in total. The summed E-state index contributed by atoms with van der Waals surface area (Å²) in [5.74, 6) is -0.261. The summed E-state index contributed by atoms with van der Waals surface area (Å²) in [7, 11) is 0. The molecule has 0 aromatic carbocycles. The molecule has 1 N–H and O–H groups in total. The monoisotopic (exact) mass is 498 g/mol. The number of nitrogens with zero attached hydrogens (tertiary/aromatic N) is 1. The van der Waals surface area contributed by atoms with Crippen LogP contribution in [-0.4, -0.2) is 34.7 Å². The zero-order valence-corrected chi connectivity index (χ0v) is 22.0. The Hall–Kier alpha value is -0.940. The second kappa shape index (κ2) is 12.1. The maximum absolute atomic E-state index is 14.1. The lowest BCUT2D eigenvalue weighted by Crippen LogP contribution is -2.65. The highest BCUT2D eigenvalue weighted by Gasteiger charge is 2.53. The highest BCUT2D eigenvalue weighted by atomic mass is 19.4. The summed E-state index contributed by atoms with van der Waals surface area (Å²) in [5.41, 5.74) is -0.262. The minimum atomic E-state index is -4.08. The van der Waals surface area contributed by atoms with Crippen LogP contribution in [0.2, 0.25) is 0 Å². The van der Waals surface area contributed by atoms with Gasteiger partial charge in [0.2, 0.25) is 0 Å². The summed E-state index contributed by atoms with van der Waals surface area (Å²) >= 11 is 0. The fourth-order valence-electron chi connectivity index (χ4n) is 8.24. The molecule has 0 unspecified atom stereocenters. The van der Waals surface area contributed by atoms with E-state index in [4.69, 9.17) is 0 Å². The Bertz CT molecular complexity index is 653. The molecule has 0 aromatic heterocycles. The van der Waals surface area contributed by atoms with Crippen LogP contribution < -0.4 is 5.32 Å². The topological polar surface area (TPSA) is 32.3 Å². The Kier molecular flexibility index (Phi) is 9.35.